The van der Waals surface area contributed by atoms with Crippen molar-refractivity contribution in [3.05, 3.63) is 40.4 Å². The number of esters is 1. The number of carbonyl (C=O) groups excluding carboxylic acids is 2. The average Bonchev–Trinajstić information content (AvgIpc) is 3.33. The minimum atomic E-state index is -4.50. The van der Waals surface area contributed by atoms with Gasteiger partial charge in [0.1, 0.15) is 6.54 Å². The topological polar surface area (TPSA) is 55.4 Å². The average molecular weight is 362 g/mol. The fraction of sp³-hybridized carbons (Fsp3) is 0.375. The largest absolute Gasteiger partial charge is 0.464 e. The zero-order valence-electron chi connectivity index (χ0n) is 12.5. The number of hydrogen-bond acceptors (Lipinski definition) is 3. The third kappa shape index (κ3) is 5.88. The van der Waals surface area contributed by atoms with E-state index in [2.05, 4.69) is 5.32 Å². The fourth-order valence-corrected chi connectivity index (χ4v) is 1.96. The molecule has 24 heavy (non-hydrogen) atoms. The zero-order chi connectivity index (χ0) is 17.7. The molecule has 0 atom stereocenters. The maximum Gasteiger partial charge on any atom is 0.416 e. The summed E-state index contributed by atoms with van der Waals surface area (Å²) in [5, 5.41) is 2.38. The summed E-state index contributed by atoms with van der Waals surface area (Å²) in [7, 11) is 0. The van der Waals surface area contributed by atoms with E-state index in [1.165, 1.54) is 0 Å². The molecule has 1 N–H and O–H groups in total. The van der Waals surface area contributed by atoms with Gasteiger partial charge in [-0.1, -0.05) is 11.6 Å². The van der Waals surface area contributed by atoms with Gasteiger partial charge in [0.05, 0.1) is 12.2 Å². The number of alkyl halides is 3. The van der Waals surface area contributed by atoms with Crippen molar-refractivity contribution in [3.63, 3.8) is 0 Å². The Balaban J connectivity index is 1.87. The van der Waals surface area contributed by atoms with Crippen LogP contribution >= 0.6 is 11.6 Å². The maximum atomic E-state index is 12.6. The number of halogens is 4. The van der Waals surface area contributed by atoms with Gasteiger partial charge in [-0.25, -0.2) is 0 Å². The van der Waals surface area contributed by atoms with Crippen LogP contribution in [-0.2, 0) is 20.5 Å². The lowest BCUT2D eigenvalue weighted by Crippen LogP contribution is -2.29. The predicted octanol–water partition coefficient (Wildman–Crippen LogP) is 3.44. The molecule has 130 valence electrons. The monoisotopic (exact) mass is 361 g/mol. The molecule has 0 aromatic heterocycles. The van der Waals surface area contributed by atoms with Gasteiger partial charge in [0.2, 0.25) is 5.91 Å². The lowest BCUT2D eigenvalue weighted by molar-refractivity contribution is -0.144. The van der Waals surface area contributed by atoms with Crippen LogP contribution in [0.15, 0.2) is 24.3 Å². The first-order valence-electron chi connectivity index (χ1n) is 7.24. The van der Waals surface area contributed by atoms with Gasteiger partial charge in [0, 0.05) is 11.1 Å². The third-order valence-electron chi connectivity index (χ3n) is 3.32. The van der Waals surface area contributed by atoms with Crippen molar-refractivity contribution in [2.24, 2.45) is 5.92 Å². The van der Waals surface area contributed by atoms with Crippen LogP contribution in [0.3, 0.4) is 0 Å². The summed E-state index contributed by atoms with van der Waals surface area (Å²) >= 11 is 5.81. The first-order chi connectivity index (χ1) is 11.3. The number of carbonyl (C=O) groups is 2. The van der Waals surface area contributed by atoms with E-state index in [-0.39, 0.29) is 17.1 Å². The van der Waals surface area contributed by atoms with E-state index < -0.39 is 23.6 Å². The van der Waals surface area contributed by atoms with Gasteiger partial charge < -0.3 is 10.1 Å². The number of amides is 1. The molecule has 1 amide bonds. The molecule has 0 heterocycles. The summed E-state index contributed by atoms with van der Waals surface area (Å²) in [5.74, 6) is -0.764. The van der Waals surface area contributed by atoms with Crippen molar-refractivity contribution in [1.29, 1.82) is 0 Å². The first kappa shape index (κ1) is 18.3. The van der Waals surface area contributed by atoms with Crippen LogP contribution in [0.4, 0.5) is 13.2 Å². The van der Waals surface area contributed by atoms with Crippen LogP contribution in [0.25, 0.3) is 6.08 Å². The second-order valence-electron chi connectivity index (χ2n) is 5.41. The molecular weight excluding hydrogens is 347 g/mol. The van der Waals surface area contributed by atoms with E-state index in [1.807, 2.05) is 0 Å². The minimum Gasteiger partial charge on any atom is -0.464 e. The van der Waals surface area contributed by atoms with Crippen LogP contribution in [-0.4, -0.2) is 25.0 Å². The van der Waals surface area contributed by atoms with Crippen LogP contribution in [0, 0.1) is 5.92 Å². The molecule has 2 rings (SSSR count). The number of hydrogen-bond donors (Lipinski definition) is 1. The maximum absolute atomic E-state index is 12.6. The standard InChI is InChI=1S/C16H15ClF3NO3/c17-13-5-4-12(16(18,19)20)7-11(13)3-6-14(22)21-8-15(23)24-9-10-1-2-10/h3-7,10H,1-2,8-9H2,(H,21,22)/b6-3+. The van der Waals surface area contributed by atoms with E-state index in [1.54, 1.807) is 0 Å². The van der Waals surface area contributed by atoms with Crippen molar-refractivity contribution in [3.8, 4) is 0 Å². The molecule has 0 bridgehead atoms. The van der Waals surface area contributed by atoms with E-state index in [0.29, 0.717) is 12.5 Å². The van der Waals surface area contributed by atoms with E-state index in [4.69, 9.17) is 16.3 Å². The molecule has 1 aromatic carbocycles. The molecule has 8 heteroatoms. The van der Waals surface area contributed by atoms with Gasteiger partial charge in [-0.2, -0.15) is 13.2 Å². The SMILES string of the molecule is O=C(/C=C/c1cc(C(F)(F)F)ccc1Cl)NCC(=O)OCC1CC1. The smallest absolute Gasteiger partial charge is 0.416 e. The number of rotatable bonds is 6. The number of nitrogens with one attached hydrogen (secondary N) is 1. The Hall–Kier alpha value is -2.02. The van der Waals surface area contributed by atoms with Gasteiger partial charge in [-0.15, -0.1) is 0 Å². The molecule has 0 aliphatic heterocycles. The highest BCUT2D eigenvalue weighted by atomic mass is 35.5. The Kier molecular flexibility index (Phi) is 5.88. The van der Waals surface area contributed by atoms with Crippen molar-refractivity contribution in [2.45, 2.75) is 19.0 Å². The lowest BCUT2D eigenvalue weighted by Gasteiger charge is -2.08. The van der Waals surface area contributed by atoms with Crippen LogP contribution in [0.5, 0.6) is 0 Å². The van der Waals surface area contributed by atoms with Gasteiger partial charge in [-0.3, -0.25) is 9.59 Å². The van der Waals surface area contributed by atoms with Crippen molar-refractivity contribution in [1.82, 2.24) is 5.32 Å². The lowest BCUT2D eigenvalue weighted by atomic mass is 10.1. The van der Waals surface area contributed by atoms with E-state index >= 15 is 0 Å². The Morgan fingerprint density at radius 2 is 2.04 bits per heavy atom. The summed E-state index contributed by atoms with van der Waals surface area (Å²) < 4.78 is 42.9. The summed E-state index contributed by atoms with van der Waals surface area (Å²) in [5.41, 5.74) is -0.812. The number of benzene rings is 1. The van der Waals surface area contributed by atoms with Crippen LogP contribution < -0.4 is 5.32 Å². The highest BCUT2D eigenvalue weighted by molar-refractivity contribution is 6.32. The predicted molar refractivity (Wildman–Crippen MR) is 82.2 cm³/mol. The summed E-state index contributed by atoms with van der Waals surface area (Å²) in [6.45, 7) is 0.0522. The molecule has 0 radical (unpaired) electrons. The summed E-state index contributed by atoms with van der Waals surface area (Å²) in [4.78, 5) is 22.9. The highest BCUT2D eigenvalue weighted by Crippen LogP contribution is 2.32. The highest BCUT2D eigenvalue weighted by Gasteiger charge is 2.30. The number of ether oxygens (including phenoxy) is 1. The molecule has 4 nitrogen and oxygen atoms in total. The quantitative estimate of drug-likeness (QED) is 0.623. The Morgan fingerprint density at radius 3 is 2.67 bits per heavy atom. The molecule has 1 aliphatic carbocycles. The molecular formula is C16H15ClF3NO3. The first-order valence-corrected chi connectivity index (χ1v) is 7.62. The molecule has 1 fully saturated rings. The van der Waals surface area contributed by atoms with Gasteiger partial charge in [0.15, 0.2) is 0 Å². The molecule has 1 saturated carbocycles. The van der Waals surface area contributed by atoms with Crippen LogP contribution in [0.1, 0.15) is 24.0 Å². The Labute approximate surface area is 141 Å². The van der Waals surface area contributed by atoms with Gasteiger partial charge in [0.25, 0.3) is 0 Å². The second kappa shape index (κ2) is 7.70. The molecule has 1 aromatic rings. The van der Waals surface area contributed by atoms with Crippen molar-refractivity contribution >= 4 is 29.6 Å². The molecule has 0 spiro atoms. The van der Waals surface area contributed by atoms with E-state index in [9.17, 15) is 22.8 Å². The fourth-order valence-electron chi connectivity index (χ4n) is 1.78. The van der Waals surface area contributed by atoms with E-state index in [0.717, 1.165) is 43.2 Å². The summed E-state index contributed by atoms with van der Waals surface area (Å²) in [6.07, 6.45) is -0.251. The third-order valence-corrected chi connectivity index (χ3v) is 3.67. The van der Waals surface area contributed by atoms with Gasteiger partial charge in [-0.05, 0) is 48.6 Å². The van der Waals surface area contributed by atoms with Gasteiger partial charge >= 0.3 is 12.1 Å². The Bertz CT molecular complexity index is 654. The normalized spacial score (nSPS) is 14.7. The minimum absolute atomic E-state index is 0.0537. The molecule has 0 saturated heterocycles. The zero-order valence-corrected chi connectivity index (χ0v) is 13.3. The summed E-state index contributed by atoms with van der Waals surface area (Å²) in [6, 6.07) is 2.81. The van der Waals surface area contributed by atoms with Crippen molar-refractivity contribution < 1.29 is 27.5 Å². The Morgan fingerprint density at radius 1 is 1.33 bits per heavy atom. The van der Waals surface area contributed by atoms with Crippen molar-refractivity contribution in [2.75, 3.05) is 13.2 Å². The van der Waals surface area contributed by atoms with Crippen LogP contribution in [0.2, 0.25) is 5.02 Å². The molecule has 1 aliphatic rings. The second-order valence-corrected chi connectivity index (χ2v) is 5.82. The molecule has 0 unspecified atom stereocenters.